The first-order valence-electron chi connectivity index (χ1n) is 7.17. The van der Waals surface area contributed by atoms with Gasteiger partial charge in [-0.15, -0.1) is 16.4 Å². The van der Waals surface area contributed by atoms with E-state index in [4.69, 9.17) is 0 Å². The molecule has 0 radical (unpaired) electrons. The van der Waals surface area contributed by atoms with Crippen LogP contribution in [0.2, 0.25) is 0 Å². The third-order valence-corrected chi connectivity index (χ3v) is 5.19. The van der Waals surface area contributed by atoms with Gasteiger partial charge in [0.25, 0.3) is 0 Å². The molecule has 7 nitrogen and oxygen atoms in total. The van der Waals surface area contributed by atoms with E-state index in [1.165, 1.54) is 16.4 Å². The molecule has 9 heteroatoms. The van der Waals surface area contributed by atoms with Crippen LogP contribution in [0, 0.1) is 0 Å². The minimum absolute atomic E-state index is 0.0220. The fourth-order valence-electron chi connectivity index (χ4n) is 2.05. The van der Waals surface area contributed by atoms with Crippen LogP contribution >= 0.6 is 23.1 Å². The standard InChI is InChI=1S/C15H15N5O2S2/c1-10(13-3-2-8-23-13)16-14(22)9-24-15-17-18-19-20(15)11-4-6-12(21)7-5-11/h2-8,10,21H,9H2,1H3,(H,16,22)/t10-/m0/s1. The highest BCUT2D eigenvalue weighted by Gasteiger charge is 2.14. The van der Waals surface area contributed by atoms with Gasteiger partial charge in [0.2, 0.25) is 11.1 Å². The first-order valence-corrected chi connectivity index (χ1v) is 9.03. The molecular weight excluding hydrogens is 346 g/mol. The largest absolute Gasteiger partial charge is 0.508 e. The molecule has 2 heterocycles. The van der Waals surface area contributed by atoms with Crippen LogP contribution in [-0.2, 0) is 4.79 Å². The van der Waals surface area contributed by atoms with Crippen LogP contribution in [0.25, 0.3) is 5.69 Å². The van der Waals surface area contributed by atoms with Crippen LogP contribution < -0.4 is 5.32 Å². The Morgan fingerprint density at radius 3 is 2.88 bits per heavy atom. The molecule has 2 N–H and O–H groups in total. The van der Waals surface area contributed by atoms with Gasteiger partial charge in [-0.25, -0.2) is 0 Å². The van der Waals surface area contributed by atoms with Gasteiger partial charge in [-0.1, -0.05) is 17.8 Å². The van der Waals surface area contributed by atoms with Crippen LogP contribution in [0.3, 0.4) is 0 Å². The van der Waals surface area contributed by atoms with Crippen LogP contribution in [0.15, 0.2) is 46.9 Å². The zero-order valence-electron chi connectivity index (χ0n) is 12.8. The van der Waals surface area contributed by atoms with Gasteiger partial charge in [-0.2, -0.15) is 4.68 Å². The minimum Gasteiger partial charge on any atom is -0.508 e. The Hall–Kier alpha value is -2.39. The molecule has 0 saturated heterocycles. The van der Waals surface area contributed by atoms with Gasteiger partial charge in [0.15, 0.2) is 0 Å². The van der Waals surface area contributed by atoms with E-state index in [0.717, 1.165) is 4.88 Å². The zero-order chi connectivity index (χ0) is 16.9. The van der Waals surface area contributed by atoms with Gasteiger partial charge in [0.1, 0.15) is 5.75 Å². The topological polar surface area (TPSA) is 92.9 Å². The lowest BCUT2D eigenvalue weighted by Gasteiger charge is -2.11. The molecule has 124 valence electrons. The van der Waals surface area contributed by atoms with Crippen molar-refractivity contribution in [2.45, 2.75) is 18.1 Å². The molecular formula is C15H15N5O2S2. The summed E-state index contributed by atoms with van der Waals surface area (Å²) in [6.45, 7) is 1.95. The number of phenolic OH excluding ortho intramolecular Hbond substituents is 1. The van der Waals surface area contributed by atoms with Crippen molar-refractivity contribution in [2.24, 2.45) is 0 Å². The van der Waals surface area contributed by atoms with E-state index in [1.807, 2.05) is 24.4 Å². The molecule has 0 aliphatic rings. The molecule has 0 bridgehead atoms. The van der Waals surface area contributed by atoms with Crippen LogP contribution in [0.1, 0.15) is 17.8 Å². The van der Waals surface area contributed by atoms with E-state index < -0.39 is 0 Å². The number of carbonyl (C=O) groups is 1. The van der Waals surface area contributed by atoms with Crippen molar-refractivity contribution in [2.75, 3.05) is 5.75 Å². The average molecular weight is 361 g/mol. The number of tetrazole rings is 1. The third kappa shape index (κ3) is 3.92. The lowest BCUT2D eigenvalue weighted by atomic mass is 10.3. The normalized spacial score (nSPS) is 12.0. The molecule has 0 unspecified atom stereocenters. The fraction of sp³-hybridized carbons (Fsp3) is 0.200. The Labute approximate surface area is 146 Å². The number of hydrogen-bond donors (Lipinski definition) is 2. The number of carbonyl (C=O) groups excluding carboxylic acids is 1. The Balaban J connectivity index is 1.60. The van der Waals surface area contributed by atoms with E-state index in [2.05, 4.69) is 20.8 Å². The van der Waals surface area contributed by atoms with E-state index in [9.17, 15) is 9.90 Å². The van der Waals surface area contributed by atoms with Crippen LogP contribution in [-0.4, -0.2) is 37.0 Å². The first kappa shape index (κ1) is 16.5. The summed E-state index contributed by atoms with van der Waals surface area (Å²) in [6, 6.07) is 10.5. The maximum absolute atomic E-state index is 12.1. The quantitative estimate of drug-likeness (QED) is 0.655. The summed E-state index contributed by atoms with van der Waals surface area (Å²) in [6.07, 6.45) is 0. The number of hydrogen-bond acceptors (Lipinski definition) is 7. The van der Waals surface area contributed by atoms with Gasteiger partial charge in [0.05, 0.1) is 17.5 Å². The maximum atomic E-state index is 12.1. The van der Waals surface area contributed by atoms with Crippen molar-refractivity contribution in [1.29, 1.82) is 0 Å². The van der Waals surface area contributed by atoms with Crippen molar-refractivity contribution < 1.29 is 9.90 Å². The Morgan fingerprint density at radius 2 is 2.17 bits per heavy atom. The second-order valence-electron chi connectivity index (χ2n) is 4.98. The van der Waals surface area contributed by atoms with Crippen molar-refractivity contribution in [3.05, 3.63) is 46.7 Å². The summed E-state index contributed by atoms with van der Waals surface area (Å²) in [5, 5.41) is 26.3. The summed E-state index contributed by atoms with van der Waals surface area (Å²) in [4.78, 5) is 13.2. The first-order chi connectivity index (χ1) is 11.6. The number of rotatable bonds is 6. The lowest BCUT2D eigenvalue weighted by molar-refractivity contribution is -0.119. The number of thioether (sulfide) groups is 1. The van der Waals surface area contributed by atoms with Gasteiger partial charge < -0.3 is 10.4 Å². The molecule has 3 aromatic rings. The summed E-state index contributed by atoms with van der Waals surface area (Å²) in [5.74, 6) is 0.304. The van der Waals surface area contributed by atoms with Crippen molar-refractivity contribution >= 4 is 29.0 Å². The molecule has 0 saturated carbocycles. The molecule has 1 aromatic carbocycles. The summed E-state index contributed by atoms with van der Waals surface area (Å²) >= 11 is 2.87. The SMILES string of the molecule is C[C@H](NC(=O)CSc1nnnn1-c1ccc(O)cc1)c1cccs1. The fourth-order valence-corrected chi connectivity index (χ4v) is 3.48. The van der Waals surface area contributed by atoms with Crippen molar-refractivity contribution in [3.8, 4) is 11.4 Å². The summed E-state index contributed by atoms with van der Waals surface area (Å²) < 4.78 is 1.53. The number of phenols is 1. The molecule has 2 aromatic heterocycles. The predicted octanol–water partition coefficient (Wildman–Crippen LogP) is 2.40. The van der Waals surface area contributed by atoms with E-state index in [-0.39, 0.29) is 23.5 Å². The highest BCUT2D eigenvalue weighted by molar-refractivity contribution is 7.99. The molecule has 0 aliphatic heterocycles. The second kappa shape index (κ2) is 7.45. The van der Waals surface area contributed by atoms with Crippen molar-refractivity contribution in [1.82, 2.24) is 25.5 Å². The number of benzene rings is 1. The lowest BCUT2D eigenvalue weighted by Crippen LogP contribution is -2.27. The summed E-state index contributed by atoms with van der Waals surface area (Å²) in [5.41, 5.74) is 0.715. The minimum atomic E-state index is -0.0823. The number of amides is 1. The highest BCUT2D eigenvalue weighted by atomic mass is 32.2. The van der Waals surface area contributed by atoms with Gasteiger partial charge in [-0.3, -0.25) is 4.79 Å². The Kier molecular flexibility index (Phi) is 5.11. The molecule has 1 amide bonds. The summed E-state index contributed by atoms with van der Waals surface area (Å²) in [7, 11) is 0. The second-order valence-corrected chi connectivity index (χ2v) is 6.90. The molecule has 24 heavy (non-hydrogen) atoms. The predicted molar refractivity (Wildman–Crippen MR) is 92.4 cm³/mol. The highest BCUT2D eigenvalue weighted by Crippen LogP contribution is 2.21. The Morgan fingerprint density at radius 1 is 1.38 bits per heavy atom. The average Bonchev–Trinajstić information content (AvgIpc) is 3.25. The molecule has 0 aliphatic carbocycles. The third-order valence-electron chi connectivity index (χ3n) is 3.21. The van der Waals surface area contributed by atoms with E-state index in [0.29, 0.717) is 10.8 Å². The van der Waals surface area contributed by atoms with Crippen molar-refractivity contribution in [3.63, 3.8) is 0 Å². The van der Waals surface area contributed by atoms with Gasteiger partial charge in [0, 0.05) is 4.88 Å². The molecule has 0 fully saturated rings. The smallest absolute Gasteiger partial charge is 0.230 e. The van der Waals surface area contributed by atoms with E-state index in [1.54, 1.807) is 35.6 Å². The van der Waals surface area contributed by atoms with Crippen LogP contribution in [0.5, 0.6) is 5.75 Å². The molecule has 1 atom stereocenters. The number of aromatic nitrogens is 4. The number of nitrogens with one attached hydrogen (secondary N) is 1. The number of nitrogens with zero attached hydrogens (tertiary/aromatic N) is 4. The molecule has 0 spiro atoms. The molecule has 3 rings (SSSR count). The van der Waals surface area contributed by atoms with Crippen LogP contribution in [0.4, 0.5) is 0 Å². The van der Waals surface area contributed by atoms with Gasteiger partial charge in [-0.05, 0) is 53.1 Å². The number of aromatic hydroxyl groups is 1. The maximum Gasteiger partial charge on any atom is 0.230 e. The van der Waals surface area contributed by atoms with Gasteiger partial charge >= 0.3 is 0 Å². The number of thiophene rings is 1. The Bertz CT molecular complexity index is 802. The van der Waals surface area contributed by atoms with E-state index >= 15 is 0 Å². The monoisotopic (exact) mass is 361 g/mol. The zero-order valence-corrected chi connectivity index (χ0v) is 14.4.